The Morgan fingerprint density at radius 2 is 2.12 bits per heavy atom. The third-order valence-electron chi connectivity index (χ3n) is 3.60. The summed E-state index contributed by atoms with van der Waals surface area (Å²) in [6.45, 7) is 3.97. The number of benzene rings is 1. The highest BCUT2D eigenvalue weighted by molar-refractivity contribution is 5.27. The maximum atomic E-state index is 5.74. The van der Waals surface area contributed by atoms with Gasteiger partial charge in [0.2, 0.25) is 0 Å². The summed E-state index contributed by atoms with van der Waals surface area (Å²) in [6, 6.07) is 8.46. The standard InChI is InChI=1S/C14H22N2O/c1-17-14-7-9-16(11-14)8-6-12-4-2-3-5-13(12)10-15/h2-5,14H,6-11,15H2,1H3. The predicted octanol–water partition coefficient (Wildman–Crippen LogP) is 1.41. The van der Waals surface area contributed by atoms with E-state index in [4.69, 9.17) is 10.5 Å². The van der Waals surface area contributed by atoms with E-state index in [0.29, 0.717) is 12.6 Å². The Morgan fingerprint density at radius 3 is 2.76 bits per heavy atom. The summed E-state index contributed by atoms with van der Waals surface area (Å²) >= 11 is 0. The second kappa shape index (κ2) is 6.15. The third kappa shape index (κ3) is 3.28. The molecule has 1 atom stereocenters. The number of hydrogen-bond donors (Lipinski definition) is 1. The van der Waals surface area contributed by atoms with Crippen LogP contribution in [0.5, 0.6) is 0 Å². The van der Waals surface area contributed by atoms with E-state index in [0.717, 1.165) is 32.5 Å². The van der Waals surface area contributed by atoms with E-state index >= 15 is 0 Å². The van der Waals surface area contributed by atoms with Crippen molar-refractivity contribution in [3.63, 3.8) is 0 Å². The van der Waals surface area contributed by atoms with Crippen molar-refractivity contribution < 1.29 is 4.74 Å². The van der Waals surface area contributed by atoms with E-state index in [1.807, 2.05) is 0 Å². The summed E-state index contributed by atoms with van der Waals surface area (Å²) < 4.78 is 5.38. The summed E-state index contributed by atoms with van der Waals surface area (Å²) in [5, 5.41) is 0. The summed E-state index contributed by atoms with van der Waals surface area (Å²) in [5.74, 6) is 0. The number of likely N-dealkylation sites (tertiary alicyclic amines) is 1. The van der Waals surface area contributed by atoms with Crippen molar-refractivity contribution >= 4 is 0 Å². The zero-order valence-corrected chi connectivity index (χ0v) is 10.6. The minimum absolute atomic E-state index is 0.430. The van der Waals surface area contributed by atoms with Gasteiger partial charge in [-0.1, -0.05) is 24.3 Å². The molecule has 1 aliphatic heterocycles. The Morgan fingerprint density at radius 1 is 1.35 bits per heavy atom. The summed E-state index contributed by atoms with van der Waals surface area (Å²) in [4.78, 5) is 2.47. The molecule has 2 rings (SSSR count). The van der Waals surface area contributed by atoms with E-state index in [1.165, 1.54) is 11.1 Å². The Hall–Kier alpha value is -0.900. The number of rotatable bonds is 5. The summed E-state index contributed by atoms with van der Waals surface area (Å²) in [5.41, 5.74) is 8.40. The fourth-order valence-electron chi connectivity index (χ4n) is 2.47. The van der Waals surface area contributed by atoms with Gasteiger partial charge in [-0.25, -0.2) is 0 Å². The number of hydrogen-bond acceptors (Lipinski definition) is 3. The van der Waals surface area contributed by atoms with Crippen molar-refractivity contribution in [3.8, 4) is 0 Å². The predicted molar refractivity (Wildman–Crippen MR) is 69.9 cm³/mol. The van der Waals surface area contributed by atoms with Crippen molar-refractivity contribution in [2.75, 3.05) is 26.7 Å². The molecule has 0 bridgehead atoms. The van der Waals surface area contributed by atoms with Crippen molar-refractivity contribution in [1.29, 1.82) is 0 Å². The molecule has 0 aliphatic carbocycles. The average molecular weight is 234 g/mol. The molecule has 0 spiro atoms. The maximum Gasteiger partial charge on any atom is 0.0710 e. The first-order chi connectivity index (χ1) is 8.33. The molecule has 94 valence electrons. The van der Waals surface area contributed by atoms with E-state index in [-0.39, 0.29) is 0 Å². The highest BCUT2D eigenvalue weighted by Crippen LogP contribution is 2.14. The summed E-state index contributed by atoms with van der Waals surface area (Å²) in [7, 11) is 1.80. The Kier molecular flexibility index (Phi) is 4.54. The molecule has 1 aromatic carbocycles. The fraction of sp³-hybridized carbons (Fsp3) is 0.571. The normalized spacial score (nSPS) is 20.9. The molecular formula is C14H22N2O. The van der Waals surface area contributed by atoms with Gasteiger partial charge in [0.15, 0.2) is 0 Å². The number of ether oxygens (including phenoxy) is 1. The van der Waals surface area contributed by atoms with Crippen LogP contribution in [-0.2, 0) is 17.7 Å². The highest BCUT2D eigenvalue weighted by atomic mass is 16.5. The molecule has 0 amide bonds. The van der Waals surface area contributed by atoms with Crippen molar-refractivity contribution in [1.82, 2.24) is 4.90 Å². The monoisotopic (exact) mass is 234 g/mol. The molecule has 2 N–H and O–H groups in total. The van der Waals surface area contributed by atoms with Crippen LogP contribution in [0.1, 0.15) is 17.5 Å². The molecule has 1 aliphatic rings. The van der Waals surface area contributed by atoms with Crippen LogP contribution < -0.4 is 5.73 Å². The molecule has 3 heteroatoms. The largest absolute Gasteiger partial charge is 0.380 e. The fourth-order valence-corrected chi connectivity index (χ4v) is 2.47. The van der Waals surface area contributed by atoms with Crippen LogP contribution in [0.4, 0.5) is 0 Å². The van der Waals surface area contributed by atoms with Crippen LogP contribution in [0.25, 0.3) is 0 Å². The van der Waals surface area contributed by atoms with E-state index < -0.39 is 0 Å². The van der Waals surface area contributed by atoms with E-state index in [1.54, 1.807) is 7.11 Å². The van der Waals surface area contributed by atoms with Gasteiger partial charge >= 0.3 is 0 Å². The van der Waals surface area contributed by atoms with Crippen LogP contribution in [0.15, 0.2) is 24.3 Å². The molecular weight excluding hydrogens is 212 g/mol. The lowest BCUT2D eigenvalue weighted by Crippen LogP contribution is -2.25. The quantitative estimate of drug-likeness (QED) is 0.837. The topological polar surface area (TPSA) is 38.5 Å². The van der Waals surface area contributed by atoms with E-state index in [2.05, 4.69) is 29.2 Å². The minimum Gasteiger partial charge on any atom is -0.380 e. The first-order valence-electron chi connectivity index (χ1n) is 6.35. The number of methoxy groups -OCH3 is 1. The van der Waals surface area contributed by atoms with Gasteiger partial charge in [0.1, 0.15) is 0 Å². The molecule has 1 saturated heterocycles. The average Bonchev–Trinajstić information content (AvgIpc) is 2.84. The van der Waals surface area contributed by atoms with Gasteiger partial charge in [-0.2, -0.15) is 0 Å². The molecule has 1 heterocycles. The van der Waals surface area contributed by atoms with Crippen LogP contribution in [0, 0.1) is 0 Å². The number of nitrogens with zero attached hydrogens (tertiary/aromatic N) is 1. The van der Waals surface area contributed by atoms with Crippen LogP contribution in [0.3, 0.4) is 0 Å². The second-order valence-electron chi connectivity index (χ2n) is 4.67. The Balaban J connectivity index is 1.85. The van der Waals surface area contributed by atoms with Crippen molar-refractivity contribution in [3.05, 3.63) is 35.4 Å². The molecule has 1 unspecified atom stereocenters. The molecule has 0 radical (unpaired) electrons. The van der Waals surface area contributed by atoms with Gasteiger partial charge in [-0.3, -0.25) is 0 Å². The van der Waals surface area contributed by atoms with Crippen LogP contribution in [0.2, 0.25) is 0 Å². The van der Waals surface area contributed by atoms with E-state index in [9.17, 15) is 0 Å². The van der Waals surface area contributed by atoms with Gasteiger partial charge in [0, 0.05) is 33.3 Å². The zero-order valence-electron chi connectivity index (χ0n) is 10.6. The minimum atomic E-state index is 0.430. The molecule has 1 aromatic rings. The summed E-state index contributed by atoms with van der Waals surface area (Å²) in [6.07, 6.45) is 2.68. The zero-order chi connectivity index (χ0) is 12.1. The van der Waals surface area contributed by atoms with Gasteiger partial charge in [0.25, 0.3) is 0 Å². The first kappa shape index (κ1) is 12.6. The first-order valence-corrected chi connectivity index (χ1v) is 6.35. The lowest BCUT2D eigenvalue weighted by Gasteiger charge is -2.16. The Bertz CT molecular complexity index is 354. The highest BCUT2D eigenvalue weighted by Gasteiger charge is 2.21. The SMILES string of the molecule is COC1CCN(CCc2ccccc2CN)C1. The van der Waals surface area contributed by atoms with Crippen molar-refractivity contribution in [2.45, 2.75) is 25.5 Å². The molecule has 0 saturated carbocycles. The lowest BCUT2D eigenvalue weighted by molar-refractivity contribution is 0.108. The maximum absolute atomic E-state index is 5.74. The number of nitrogens with two attached hydrogens (primary N) is 1. The Labute approximate surface area is 104 Å². The second-order valence-corrected chi connectivity index (χ2v) is 4.67. The lowest BCUT2D eigenvalue weighted by atomic mass is 10.0. The van der Waals surface area contributed by atoms with Crippen LogP contribution >= 0.6 is 0 Å². The van der Waals surface area contributed by atoms with Gasteiger partial charge in [-0.05, 0) is 24.0 Å². The van der Waals surface area contributed by atoms with Gasteiger partial charge in [0.05, 0.1) is 6.10 Å². The molecule has 0 aromatic heterocycles. The molecule has 3 nitrogen and oxygen atoms in total. The smallest absolute Gasteiger partial charge is 0.0710 e. The molecule has 17 heavy (non-hydrogen) atoms. The molecule has 1 fully saturated rings. The third-order valence-corrected chi connectivity index (χ3v) is 3.60. The van der Waals surface area contributed by atoms with Crippen molar-refractivity contribution in [2.24, 2.45) is 5.73 Å². The van der Waals surface area contributed by atoms with Gasteiger partial charge < -0.3 is 15.4 Å². The van der Waals surface area contributed by atoms with Gasteiger partial charge in [-0.15, -0.1) is 0 Å². The van der Waals surface area contributed by atoms with Crippen LogP contribution in [-0.4, -0.2) is 37.7 Å².